The number of amides is 1. The van der Waals surface area contributed by atoms with Crippen molar-refractivity contribution < 1.29 is 13.2 Å². The molecule has 1 aliphatic rings. The van der Waals surface area contributed by atoms with Crippen LogP contribution in [-0.4, -0.2) is 51.3 Å². The number of carbonyl (C=O) groups is 1. The monoisotopic (exact) mass is 422 g/mol. The van der Waals surface area contributed by atoms with Gasteiger partial charge in [-0.05, 0) is 40.5 Å². The van der Waals surface area contributed by atoms with E-state index >= 15 is 0 Å². The lowest BCUT2D eigenvalue weighted by Crippen LogP contribution is -2.45. The lowest BCUT2D eigenvalue weighted by atomic mass is 9.99. The Balaban J connectivity index is 1.67. The first-order valence-electron chi connectivity index (χ1n) is 10.1. The molecule has 1 saturated heterocycles. The lowest BCUT2D eigenvalue weighted by molar-refractivity contribution is -0.126. The molecule has 0 aliphatic carbocycles. The molecule has 0 spiro atoms. The van der Waals surface area contributed by atoms with Crippen LogP contribution >= 0.6 is 0 Å². The molecule has 160 valence electrons. The molecule has 0 bridgehead atoms. The van der Waals surface area contributed by atoms with Crippen LogP contribution in [-0.2, 0) is 34.5 Å². The van der Waals surface area contributed by atoms with Gasteiger partial charge in [0.05, 0.1) is 17.3 Å². The average molecular weight is 423 g/mol. The molecule has 3 rings (SSSR count). The van der Waals surface area contributed by atoms with E-state index in [1.54, 1.807) is 17.8 Å². The topological polar surface area (TPSA) is 102 Å². The Bertz CT molecular complexity index is 978. The molecule has 10 heteroatoms. The van der Waals surface area contributed by atoms with Crippen molar-refractivity contribution in [1.82, 2.24) is 29.2 Å². The standard InChI is InChI=1S/C19H30N6O3S/c1-5-23-11-17(14(3)21-23)10-20-19(26)16-8-7-9-25(12-16)29(27,28)18-13-24(6-2)22-15(18)4/h11,13,16H,5-10,12H2,1-4H3,(H,20,26)/t16-/m1/s1. The molecule has 1 fully saturated rings. The number of nitrogens with one attached hydrogen (secondary N) is 1. The van der Waals surface area contributed by atoms with Crippen LogP contribution < -0.4 is 5.32 Å². The molecule has 1 atom stereocenters. The second-order valence-electron chi connectivity index (χ2n) is 7.45. The van der Waals surface area contributed by atoms with Gasteiger partial charge in [0.25, 0.3) is 0 Å². The van der Waals surface area contributed by atoms with E-state index in [1.807, 2.05) is 31.6 Å². The van der Waals surface area contributed by atoms with Crippen LogP contribution in [0.1, 0.15) is 43.6 Å². The van der Waals surface area contributed by atoms with Crippen LogP contribution in [0.3, 0.4) is 0 Å². The largest absolute Gasteiger partial charge is 0.352 e. The normalized spacial score (nSPS) is 18.1. The Morgan fingerprint density at radius 2 is 1.79 bits per heavy atom. The number of hydrogen-bond acceptors (Lipinski definition) is 5. The van der Waals surface area contributed by atoms with E-state index in [2.05, 4.69) is 15.5 Å². The van der Waals surface area contributed by atoms with Crippen molar-refractivity contribution in [3.8, 4) is 0 Å². The number of aryl methyl sites for hydroxylation is 4. The zero-order valence-electron chi connectivity index (χ0n) is 17.6. The number of hydrogen-bond donors (Lipinski definition) is 1. The van der Waals surface area contributed by atoms with Crippen molar-refractivity contribution in [2.45, 2.75) is 65.1 Å². The van der Waals surface area contributed by atoms with Gasteiger partial charge in [-0.2, -0.15) is 14.5 Å². The van der Waals surface area contributed by atoms with Gasteiger partial charge >= 0.3 is 0 Å². The van der Waals surface area contributed by atoms with Gasteiger partial charge in [0.1, 0.15) is 4.90 Å². The minimum Gasteiger partial charge on any atom is -0.352 e. The van der Waals surface area contributed by atoms with Crippen molar-refractivity contribution in [3.05, 3.63) is 29.3 Å². The third-order valence-electron chi connectivity index (χ3n) is 5.42. The van der Waals surface area contributed by atoms with Crippen LogP contribution in [0.2, 0.25) is 0 Å². The fourth-order valence-electron chi connectivity index (χ4n) is 3.65. The van der Waals surface area contributed by atoms with Gasteiger partial charge in [-0.15, -0.1) is 0 Å². The van der Waals surface area contributed by atoms with E-state index in [0.717, 1.165) is 17.8 Å². The van der Waals surface area contributed by atoms with Crippen LogP contribution in [0.25, 0.3) is 0 Å². The number of aromatic nitrogens is 4. The van der Waals surface area contributed by atoms with Gasteiger partial charge in [0.15, 0.2) is 0 Å². The summed E-state index contributed by atoms with van der Waals surface area (Å²) in [7, 11) is -3.67. The summed E-state index contributed by atoms with van der Waals surface area (Å²) >= 11 is 0. The molecule has 2 aromatic heterocycles. The molecule has 29 heavy (non-hydrogen) atoms. The zero-order chi connectivity index (χ0) is 21.2. The number of nitrogens with zero attached hydrogens (tertiary/aromatic N) is 5. The predicted molar refractivity (Wildman–Crippen MR) is 109 cm³/mol. The SMILES string of the molecule is CCn1cc(CNC(=O)[C@@H]2CCCN(S(=O)(=O)c3cn(CC)nc3C)C2)c(C)n1. The molecule has 1 aliphatic heterocycles. The van der Waals surface area contributed by atoms with Crippen molar-refractivity contribution >= 4 is 15.9 Å². The molecule has 3 heterocycles. The summed E-state index contributed by atoms with van der Waals surface area (Å²) in [6, 6.07) is 0. The Morgan fingerprint density at radius 3 is 2.41 bits per heavy atom. The molecular weight excluding hydrogens is 392 g/mol. The van der Waals surface area contributed by atoms with Crippen molar-refractivity contribution in [2.75, 3.05) is 13.1 Å². The molecule has 0 aromatic carbocycles. The molecule has 0 saturated carbocycles. The van der Waals surface area contributed by atoms with Crippen molar-refractivity contribution in [3.63, 3.8) is 0 Å². The highest BCUT2D eigenvalue weighted by molar-refractivity contribution is 7.89. The van der Waals surface area contributed by atoms with Gasteiger partial charge in [-0.3, -0.25) is 14.2 Å². The van der Waals surface area contributed by atoms with E-state index in [0.29, 0.717) is 38.2 Å². The molecular formula is C19H30N6O3S. The smallest absolute Gasteiger partial charge is 0.246 e. The highest BCUT2D eigenvalue weighted by atomic mass is 32.2. The summed E-state index contributed by atoms with van der Waals surface area (Å²) in [5.41, 5.74) is 2.35. The maximum Gasteiger partial charge on any atom is 0.246 e. The maximum absolute atomic E-state index is 13.1. The first kappa shape index (κ1) is 21.5. The summed E-state index contributed by atoms with van der Waals surface area (Å²) in [5.74, 6) is -0.476. The first-order valence-corrected chi connectivity index (χ1v) is 11.5. The minimum absolute atomic E-state index is 0.116. The molecule has 2 aromatic rings. The van der Waals surface area contributed by atoms with Crippen LogP contribution in [0, 0.1) is 19.8 Å². The van der Waals surface area contributed by atoms with Gasteiger partial charge < -0.3 is 5.32 Å². The molecule has 0 radical (unpaired) electrons. The first-order chi connectivity index (χ1) is 13.8. The number of rotatable bonds is 7. The quantitative estimate of drug-likeness (QED) is 0.728. The fourth-order valence-corrected chi connectivity index (χ4v) is 5.34. The molecule has 1 amide bonds. The minimum atomic E-state index is -3.67. The van der Waals surface area contributed by atoms with Crippen LogP contribution in [0.5, 0.6) is 0 Å². The van der Waals surface area contributed by atoms with E-state index in [4.69, 9.17) is 0 Å². The molecule has 0 unspecified atom stereocenters. The summed E-state index contributed by atoms with van der Waals surface area (Å²) in [6.07, 6.45) is 4.84. The van der Waals surface area contributed by atoms with E-state index < -0.39 is 10.0 Å². The molecule has 1 N–H and O–H groups in total. The summed E-state index contributed by atoms with van der Waals surface area (Å²) in [5, 5.41) is 11.6. The highest BCUT2D eigenvalue weighted by Gasteiger charge is 2.35. The second kappa shape index (κ2) is 8.66. The number of carbonyl (C=O) groups excluding carboxylic acids is 1. The van der Waals surface area contributed by atoms with Gasteiger partial charge in [0, 0.05) is 50.7 Å². The Kier molecular flexibility index (Phi) is 6.42. The van der Waals surface area contributed by atoms with Gasteiger partial charge in [0.2, 0.25) is 15.9 Å². The Labute approximate surface area is 172 Å². The van der Waals surface area contributed by atoms with Crippen molar-refractivity contribution in [1.29, 1.82) is 0 Å². The zero-order valence-corrected chi connectivity index (χ0v) is 18.4. The number of sulfonamides is 1. The maximum atomic E-state index is 13.1. The van der Waals surface area contributed by atoms with Crippen LogP contribution in [0.15, 0.2) is 17.3 Å². The Hall–Kier alpha value is -2.20. The van der Waals surface area contributed by atoms with Crippen LogP contribution in [0.4, 0.5) is 0 Å². The third-order valence-corrected chi connectivity index (χ3v) is 7.39. The summed E-state index contributed by atoms with van der Waals surface area (Å²) in [4.78, 5) is 12.9. The van der Waals surface area contributed by atoms with E-state index in [9.17, 15) is 13.2 Å². The van der Waals surface area contributed by atoms with Gasteiger partial charge in [-0.25, -0.2) is 8.42 Å². The van der Waals surface area contributed by atoms with Crippen molar-refractivity contribution in [2.24, 2.45) is 5.92 Å². The third kappa shape index (κ3) is 4.53. The summed E-state index contributed by atoms with van der Waals surface area (Å²) < 4.78 is 31.1. The Morgan fingerprint density at radius 1 is 1.14 bits per heavy atom. The molecule has 9 nitrogen and oxygen atoms in total. The fraction of sp³-hybridized carbons (Fsp3) is 0.632. The highest BCUT2D eigenvalue weighted by Crippen LogP contribution is 2.25. The average Bonchev–Trinajstić information content (AvgIpc) is 3.28. The van der Waals surface area contributed by atoms with E-state index in [-0.39, 0.29) is 23.3 Å². The second-order valence-corrected chi connectivity index (χ2v) is 9.36. The van der Waals surface area contributed by atoms with E-state index in [1.165, 1.54) is 4.31 Å². The lowest BCUT2D eigenvalue weighted by Gasteiger charge is -2.31. The van der Waals surface area contributed by atoms with Gasteiger partial charge in [-0.1, -0.05) is 0 Å². The number of piperidine rings is 1. The predicted octanol–water partition coefficient (Wildman–Crippen LogP) is 1.45. The summed E-state index contributed by atoms with van der Waals surface area (Å²) in [6.45, 7) is 9.94.